The lowest BCUT2D eigenvalue weighted by atomic mass is 10.2. The van der Waals surface area contributed by atoms with Crippen molar-refractivity contribution in [2.24, 2.45) is 0 Å². The van der Waals surface area contributed by atoms with E-state index in [1.165, 1.54) is 23.1 Å². The van der Waals surface area contributed by atoms with Crippen molar-refractivity contribution < 1.29 is 9.21 Å². The summed E-state index contributed by atoms with van der Waals surface area (Å²) < 4.78 is 6.99. The molecule has 0 aliphatic rings. The maximum Gasteiger partial charge on any atom is 0.263 e. The molecule has 0 saturated carbocycles. The van der Waals surface area contributed by atoms with Crippen LogP contribution < -0.4 is 10.9 Å². The van der Waals surface area contributed by atoms with Gasteiger partial charge in [-0.3, -0.25) is 14.2 Å². The Balaban J connectivity index is 1.64. The summed E-state index contributed by atoms with van der Waals surface area (Å²) in [6, 6.07) is 10.6. The minimum atomic E-state index is -0.231. The summed E-state index contributed by atoms with van der Waals surface area (Å²) >= 11 is 8.80. The zero-order valence-corrected chi connectivity index (χ0v) is 18.7. The molecule has 0 aliphatic carbocycles. The molecular formula is C21H18ClN3O3S2. The molecule has 0 aliphatic heterocycles. The minimum absolute atomic E-state index is 0.0880. The highest BCUT2D eigenvalue weighted by molar-refractivity contribution is 7.99. The first kappa shape index (κ1) is 20.7. The molecule has 4 rings (SSSR count). The van der Waals surface area contributed by atoms with Crippen LogP contribution >= 0.6 is 34.7 Å². The van der Waals surface area contributed by atoms with Gasteiger partial charge in [-0.25, -0.2) is 4.98 Å². The number of furan rings is 1. The molecular weight excluding hydrogens is 442 g/mol. The maximum absolute atomic E-state index is 13.2. The van der Waals surface area contributed by atoms with E-state index < -0.39 is 0 Å². The Hall–Kier alpha value is -2.55. The molecule has 0 radical (unpaired) electrons. The Morgan fingerprint density at radius 1 is 1.27 bits per heavy atom. The molecule has 0 saturated heterocycles. The van der Waals surface area contributed by atoms with Gasteiger partial charge in [0.2, 0.25) is 5.91 Å². The highest BCUT2D eigenvalue weighted by Gasteiger charge is 2.18. The average Bonchev–Trinajstić information content (AvgIpc) is 3.33. The van der Waals surface area contributed by atoms with Crippen LogP contribution in [0.15, 0.2) is 57.0 Å². The fourth-order valence-electron chi connectivity index (χ4n) is 3.00. The van der Waals surface area contributed by atoms with Crippen molar-refractivity contribution in [2.45, 2.75) is 25.5 Å². The van der Waals surface area contributed by atoms with E-state index in [2.05, 4.69) is 5.32 Å². The number of benzene rings is 1. The summed E-state index contributed by atoms with van der Waals surface area (Å²) in [6.45, 7) is 4.15. The molecule has 0 atom stereocenters. The Morgan fingerprint density at radius 2 is 2.07 bits per heavy atom. The molecule has 3 heterocycles. The third kappa shape index (κ3) is 4.16. The van der Waals surface area contributed by atoms with Gasteiger partial charge in [0.25, 0.3) is 5.56 Å². The molecule has 1 aromatic carbocycles. The SMILES string of the molecule is Cc1sc2nc(SCC(=O)Nc3ccccc3Cl)n(Cc3ccco3)c(=O)c2c1C. The van der Waals surface area contributed by atoms with Crippen LogP contribution in [-0.4, -0.2) is 21.2 Å². The van der Waals surface area contributed by atoms with E-state index in [9.17, 15) is 9.59 Å². The van der Waals surface area contributed by atoms with Crippen LogP contribution in [-0.2, 0) is 11.3 Å². The van der Waals surface area contributed by atoms with Crippen LogP contribution in [0.4, 0.5) is 5.69 Å². The number of thioether (sulfide) groups is 1. The van der Waals surface area contributed by atoms with Gasteiger partial charge >= 0.3 is 0 Å². The Labute approximate surface area is 185 Å². The van der Waals surface area contributed by atoms with Crippen molar-refractivity contribution >= 4 is 56.5 Å². The van der Waals surface area contributed by atoms with Gasteiger partial charge in [-0.1, -0.05) is 35.5 Å². The molecule has 154 valence electrons. The third-order valence-corrected chi connectivity index (χ3v) is 7.04. The number of carbonyl (C=O) groups is 1. The number of anilines is 1. The molecule has 0 unspecified atom stereocenters. The van der Waals surface area contributed by atoms with Crippen LogP contribution in [0.2, 0.25) is 5.02 Å². The normalized spacial score (nSPS) is 11.2. The number of hydrogen-bond donors (Lipinski definition) is 1. The average molecular weight is 460 g/mol. The fraction of sp³-hybridized carbons (Fsp3) is 0.190. The lowest BCUT2D eigenvalue weighted by molar-refractivity contribution is -0.113. The van der Waals surface area contributed by atoms with Crippen molar-refractivity contribution in [1.29, 1.82) is 0 Å². The summed E-state index contributed by atoms with van der Waals surface area (Å²) in [4.78, 5) is 32.1. The number of aromatic nitrogens is 2. The van der Waals surface area contributed by atoms with Crippen molar-refractivity contribution in [3.05, 3.63) is 74.2 Å². The topological polar surface area (TPSA) is 77.1 Å². The Morgan fingerprint density at radius 3 is 2.80 bits per heavy atom. The number of halogens is 1. The number of nitrogens with zero attached hydrogens (tertiary/aromatic N) is 2. The van der Waals surface area contributed by atoms with E-state index in [-0.39, 0.29) is 23.8 Å². The monoisotopic (exact) mass is 459 g/mol. The molecule has 1 N–H and O–H groups in total. The van der Waals surface area contributed by atoms with Crippen molar-refractivity contribution in [3.8, 4) is 0 Å². The van der Waals surface area contributed by atoms with Crippen molar-refractivity contribution in [2.75, 3.05) is 11.1 Å². The first-order chi connectivity index (χ1) is 14.4. The van der Waals surface area contributed by atoms with Crippen LogP contribution in [0.25, 0.3) is 10.2 Å². The van der Waals surface area contributed by atoms with Gasteiger partial charge in [0.1, 0.15) is 10.6 Å². The van der Waals surface area contributed by atoms with E-state index >= 15 is 0 Å². The minimum Gasteiger partial charge on any atom is -0.467 e. The molecule has 0 fully saturated rings. The number of amides is 1. The maximum atomic E-state index is 13.2. The molecule has 9 heteroatoms. The smallest absolute Gasteiger partial charge is 0.263 e. The molecule has 4 aromatic rings. The first-order valence-electron chi connectivity index (χ1n) is 9.14. The molecule has 0 spiro atoms. The lowest BCUT2D eigenvalue weighted by Crippen LogP contribution is -2.24. The Kier molecular flexibility index (Phi) is 5.99. The quantitative estimate of drug-likeness (QED) is 0.320. The van der Waals surface area contributed by atoms with E-state index in [0.29, 0.717) is 31.8 Å². The van der Waals surface area contributed by atoms with Gasteiger partial charge < -0.3 is 9.73 Å². The number of para-hydroxylation sites is 1. The van der Waals surface area contributed by atoms with Gasteiger partial charge in [0, 0.05) is 4.88 Å². The predicted octanol–water partition coefficient (Wildman–Crippen LogP) is 5.10. The summed E-state index contributed by atoms with van der Waals surface area (Å²) in [5.74, 6) is 0.501. The van der Waals surface area contributed by atoms with Gasteiger partial charge in [0.15, 0.2) is 5.16 Å². The van der Waals surface area contributed by atoms with Gasteiger partial charge in [-0.2, -0.15) is 0 Å². The summed E-state index contributed by atoms with van der Waals surface area (Å²) in [5.41, 5.74) is 1.35. The van der Waals surface area contributed by atoms with Crippen molar-refractivity contribution in [1.82, 2.24) is 9.55 Å². The zero-order valence-electron chi connectivity index (χ0n) is 16.3. The standard InChI is InChI=1S/C21H18ClN3O3S2/c1-12-13(2)30-19-18(12)20(27)25(10-14-6-5-9-28-14)21(24-19)29-11-17(26)23-16-8-4-3-7-15(16)22/h3-9H,10-11H2,1-2H3,(H,23,26). The highest BCUT2D eigenvalue weighted by atomic mass is 35.5. The Bertz CT molecular complexity index is 1280. The zero-order chi connectivity index (χ0) is 21.3. The summed E-state index contributed by atoms with van der Waals surface area (Å²) in [5, 5.41) is 4.35. The summed E-state index contributed by atoms with van der Waals surface area (Å²) in [7, 11) is 0. The predicted molar refractivity (Wildman–Crippen MR) is 122 cm³/mol. The molecule has 6 nitrogen and oxygen atoms in total. The second-order valence-electron chi connectivity index (χ2n) is 6.65. The van der Waals surface area contributed by atoms with Gasteiger partial charge in [0.05, 0.1) is 34.7 Å². The van der Waals surface area contributed by atoms with E-state index in [1.54, 1.807) is 47.2 Å². The van der Waals surface area contributed by atoms with E-state index in [0.717, 1.165) is 10.4 Å². The summed E-state index contributed by atoms with van der Waals surface area (Å²) in [6.07, 6.45) is 1.57. The van der Waals surface area contributed by atoms with Gasteiger partial charge in [-0.15, -0.1) is 11.3 Å². The molecule has 30 heavy (non-hydrogen) atoms. The van der Waals surface area contributed by atoms with Crippen LogP contribution in [0.3, 0.4) is 0 Å². The highest BCUT2D eigenvalue weighted by Crippen LogP contribution is 2.29. The molecule has 0 bridgehead atoms. The number of hydrogen-bond acceptors (Lipinski definition) is 6. The number of thiophene rings is 1. The van der Waals surface area contributed by atoms with Crippen LogP contribution in [0, 0.1) is 13.8 Å². The van der Waals surface area contributed by atoms with Gasteiger partial charge in [-0.05, 0) is 43.7 Å². The number of carbonyl (C=O) groups excluding carboxylic acids is 1. The molecule has 1 amide bonds. The number of aryl methyl sites for hydroxylation is 2. The number of nitrogens with one attached hydrogen (secondary N) is 1. The van der Waals surface area contributed by atoms with E-state index in [1.807, 2.05) is 13.8 Å². The third-order valence-electron chi connectivity index (χ3n) is 4.63. The number of fused-ring (bicyclic) bond motifs is 1. The van der Waals surface area contributed by atoms with Crippen molar-refractivity contribution in [3.63, 3.8) is 0 Å². The van der Waals surface area contributed by atoms with Crippen LogP contribution in [0.5, 0.6) is 0 Å². The van der Waals surface area contributed by atoms with Crippen LogP contribution in [0.1, 0.15) is 16.2 Å². The second kappa shape index (κ2) is 8.67. The molecule has 3 aromatic heterocycles. The lowest BCUT2D eigenvalue weighted by Gasteiger charge is -2.11. The second-order valence-corrected chi connectivity index (χ2v) is 9.20. The first-order valence-corrected chi connectivity index (χ1v) is 11.3. The largest absolute Gasteiger partial charge is 0.467 e. The number of rotatable bonds is 6. The van der Waals surface area contributed by atoms with E-state index in [4.69, 9.17) is 21.0 Å². The fourth-order valence-corrected chi connectivity index (χ4v) is 5.05.